The van der Waals surface area contributed by atoms with Crippen LogP contribution in [0, 0.1) is 5.92 Å². The first-order chi connectivity index (χ1) is 13.1. The predicted octanol–water partition coefficient (Wildman–Crippen LogP) is 4.13. The number of fused-ring (bicyclic) bond motifs is 1. The molecule has 6 nitrogen and oxygen atoms in total. The molecule has 142 valence electrons. The van der Waals surface area contributed by atoms with Crippen LogP contribution >= 0.6 is 0 Å². The van der Waals surface area contributed by atoms with Crippen LogP contribution in [0.2, 0.25) is 0 Å². The number of hydrogen-bond acceptors (Lipinski definition) is 4. The highest BCUT2D eigenvalue weighted by Crippen LogP contribution is 2.24. The average Bonchev–Trinajstić information content (AvgIpc) is 3.31. The minimum atomic E-state index is -0.253. The van der Waals surface area contributed by atoms with Crippen molar-refractivity contribution in [2.45, 2.75) is 39.8 Å². The van der Waals surface area contributed by atoms with Gasteiger partial charge in [0.25, 0.3) is 5.91 Å². The quantitative estimate of drug-likeness (QED) is 0.737. The van der Waals surface area contributed by atoms with Gasteiger partial charge in [0.15, 0.2) is 5.76 Å². The maximum absolute atomic E-state index is 12.2. The SMILES string of the molecule is CCn1c(CN2CCC(C)CC2)nc2cc(NC(=O)c3ccco3)ccc21. The predicted molar refractivity (Wildman–Crippen MR) is 106 cm³/mol. The summed E-state index contributed by atoms with van der Waals surface area (Å²) in [6.45, 7) is 8.52. The van der Waals surface area contributed by atoms with Gasteiger partial charge in [-0.2, -0.15) is 0 Å². The third-order valence-corrected chi connectivity index (χ3v) is 5.39. The molecule has 0 bridgehead atoms. The van der Waals surface area contributed by atoms with Crippen molar-refractivity contribution in [2.24, 2.45) is 5.92 Å². The van der Waals surface area contributed by atoms with Gasteiger partial charge in [-0.05, 0) is 69.1 Å². The Morgan fingerprint density at radius 1 is 1.30 bits per heavy atom. The Bertz CT molecular complexity index is 921. The molecule has 1 aliphatic rings. The number of likely N-dealkylation sites (tertiary alicyclic amines) is 1. The number of imidazole rings is 1. The standard InChI is InChI=1S/C21H26N4O2/c1-3-25-18-7-6-16(22-21(26)19-5-4-12-27-19)13-17(18)23-20(25)14-24-10-8-15(2)9-11-24/h4-7,12-13,15H,3,8-11,14H2,1-2H3,(H,22,26). The van der Waals surface area contributed by atoms with Gasteiger partial charge >= 0.3 is 0 Å². The molecule has 27 heavy (non-hydrogen) atoms. The zero-order valence-electron chi connectivity index (χ0n) is 15.9. The molecule has 0 aliphatic carbocycles. The van der Waals surface area contributed by atoms with Gasteiger partial charge in [0, 0.05) is 12.2 Å². The summed E-state index contributed by atoms with van der Waals surface area (Å²) in [5.41, 5.74) is 2.74. The Kier molecular flexibility index (Phi) is 4.99. The van der Waals surface area contributed by atoms with Crippen molar-refractivity contribution in [3.05, 3.63) is 48.2 Å². The number of benzene rings is 1. The van der Waals surface area contributed by atoms with Gasteiger partial charge in [0.05, 0.1) is 23.8 Å². The van der Waals surface area contributed by atoms with Gasteiger partial charge in [0.2, 0.25) is 0 Å². The van der Waals surface area contributed by atoms with Gasteiger partial charge in [-0.15, -0.1) is 0 Å². The molecule has 3 heterocycles. The summed E-state index contributed by atoms with van der Waals surface area (Å²) in [6, 6.07) is 9.24. The highest BCUT2D eigenvalue weighted by molar-refractivity contribution is 6.03. The van der Waals surface area contributed by atoms with Crippen LogP contribution in [0.25, 0.3) is 11.0 Å². The highest BCUT2D eigenvalue weighted by atomic mass is 16.3. The smallest absolute Gasteiger partial charge is 0.291 e. The summed E-state index contributed by atoms with van der Waals surface area (Å²) < 4.78 is 7.42. The fourth-order valence-corrected chi connectivity index (χ4v) is 3.75. The normalized spacial score (nSPS) is 16.1. The molecule has 1 fully saturated rings. The lowest BCUT2D eigenvalue weighted by molar-refractivity contribution is 0.0996. The second-order valence-corrected chi connectivity index (χ2v) is 7.37. The summed E-state index contributed by atoms with van der Waals surface area (Å²) in [6.07, 6.45) is 4.01. The van der Waals surface area contributed by atoms with Gasteiger partial charge < -0.3 is 14.3 Å². The first-order valence-corrected chi connectivity index (χ1v) is 9.70. The van der Waals surface area contributed by atoms with Crippen molar-refractivity contribution >= 4 is 22.6 Å². The van der Waals surface area contributed by atoms with Crippen LogP contribution in [-0.4, -0.2) is 33.4 Å². The number of hydrogen-bond donors (Lipinski definition) is 1. The number of aromatic nitrogens is 2. The average molecular weight is 366 g/mol. The third-order valence-electron chi connectivity index (χ3n) is 5.39. The maximum Gasteiger partial charge on any atom is 0.291 e. The molecule has 0 saturated carbocycles. The van der Waals surface area contributed by atoms with Crippen LogP contribution in [0.1, 0.15) is 43.1 Å². The number of aryl methyl sites for hydroxylation is 1. The molecule has 2 aromatic heterocycles. The van der Waals surface area contributed by atoms with Gasteiger partial charge in [-0.25, -0.2) is 4.98 Å². The van der Waals surface area contributed by atoms with Crippen LogP contribution in [0.15, 0.2) is 41.0 Å². The number of rotatable bonds is 5. The van der Waals surface area contributed by atoms with E-state index in [1.165, 1.54) is 19.1 Å². The van der Waals surface area contributed by atoms with Crippen molar-refractivity contribution in [1.82, 2.24) is 14.5 Å². The lowest BCUT2D eigenvalue weighted by atomic mass is 9.99. The summed E-state index contributed by atoms with van der Waals surface area (Å²) in [4.78, 5) is 19.6. The van der Waals surface area contributed by atoms with E-state index >= 15 is 0 Å². The largest absolute Gasteiger partial charge is 0.459 e. The lowest BCUT2D eigenvalue weighted by Gasteiger charge is -2.29. The van der Waals surface area contributed by atoms with E-state index in [-0.39, 0.29) is 5.91 Å². The number of piperidine rings is 1. The van der Waals surface area contributed by atoms with Crippen LogP contribution in [0.4, 0.5) is 5.69 Å². The van der Waals surface area contributed by atoms with Gasteiger partial charge in [-0.1, -0.05) is 6.92 Å². The molecule has 6 heteroatoms. The maximum atomic E-state index is 12.2. The fourth-order valence-electron chi connectivity index (χ4n) is 3.75. The Morgan fingerprint density at radius 3 is 2.81 bits per heavy atom. The topological polar surface area (TPSA) is 63.3 Å². The minimum absolute atomic E-state index is 0.253. The molecule has 1 aromatic carbocycles. The zero-order chi connectivity index (χ0) is 18.8. The van der Waals surface area contributed by atoms with Gasteiger partial charge in [0.1, 0.15) is 5.82 Å². The second-order valence-electron chi connectivity index (χ2n) is 7.37. The van der Waals surface area contributed by atoms with Crippen molar-refractivity contribution in [3.8, 4) is 0 Å². The number of carbonyl (C=O) groups excluding carboxylic acids is 1. The highest BCUT2D eigenvalue weighted by Gasteiger charge is 2.19. The van der Waals surface area contributed by atoms with Crippen molar-refractivity contribution in [2.75, 3.05) is 18.4 Å². The van der Waals surface area contributed by atoms with E-state index in [0.29, 0.717) is 5.76 Å². The number of anilines is 1. The number of nitrogens with one attached hydrogen (secondary N) is 1. The van der Waals surface area contributed by atoms with Crippen LogP contribution < -0.4 is 5.32 Å². The molecule has 3 aromatic rings. The summed E-state index contributed by atoms with van der Waals surface area (Å²) in [5.74, 6) is 1.97. The summed E-state index contributed by atoms with van der Waals surface area (Å²) in [7, 11) is 0. The number of carbonyl (C=O) groups is 1. The Hall–Kier alpha value is -2.60. The molecule has 0 spiro atoms. The molecule has 1 saturated heterocycles. The molecule has 1 N–H and O–H groups in total. The minimum Gasteiger partial charge on any atom is -0.459 e. The van der Waals surface area contributed by atoms with E-state index in [9.17, 15) is 4.79 Å². The zero-order valence-corrected chi connectivity index (χ0v) is 15.9. The second kappa shape index (κ2) is 7.56. The van der Waals surface area contributed by atoms with Crippen molar-refractivity contribution in [1.29, 1.82) is 0 Å². The van der Waals surface area contributed by atoms with E-state index in [4.69, 9.17) is 9.40 Å². The summed E-state index contributed by atoms with van der Waals surface area (Å²) in [5, 5.41) is 2.88. The van der Waals surface area contributed by atoms with E-state index < -0.39 is 0 Å². The molecule has 0 radical (unpaired) electrons. The molecular formula is C21H26N4O2. The molecule has 1 aliphatic heterocycles. The molecule has 0 unspecified atom stereocenters. The Balaban J connectivity index is 1.55. The Labute approximate surface area is 159 Å². The molecule has 1 amide bonds. The van der Waals surface area contributed by atoms with Crippen LogP contribution in [-0.2, 0) is 13.1 Å². The molecule has 0 atom stereocenters. The van der Waals surface area contributed by atoms with E-state index in [2.05, 4.69) is 28.6 Å². The van der Waals surface area contributed by atoms with Crippen molar-refractivity contribution < 1.29 is 9.21 Å². The first kappa shape index (κ1) is 17.8. The van der Waals surface area contributed by atoms with Crippen LogP contribution in [0.5, 0.6) is 0 Å². The lowest BCUT2D eigenvalue weighted by Crippen LogP contribution is -2.33. The molecule has 4 rings (SSSR count). The summed E-state index contributed by atoms with van der Waals surface area (Å²) >= 11 is 0. The Morgan fingerprint density at radius 2 is 2.11 bits per heavy atom. The third kappa shape index (κ3) is 3.76. The van der Waals surface area contributed by atoms with Gasteiger partial charge in [-0.3, -0.25) is 9.69 Å². The first-order valence-electron chi connectivity index (χ1n) is 9.70. The number of furan rings is 1. The van der Waals surface area contributed by atoms with E-state index in [1.807, 2.05) is 18.2 Å². The number of amides is 1. The number of nitrogens with zero attached hydrogens (tertiary/aromatic N) is 3. The van der Waals surface area contributed by atoms with Crippen molar-refractivity contribution in [3.63, 3.8) is 0 Å². The fraction of sp³-hybridized carbons (Fsp3) is 0.429. The van der Waals surface area contributed by atoms with E-state index in [1.54, 1.807) is 12.1 Å². The monoisotopic (exact) mass is 366 g/mol. The van der Waals surface area contributed by atoms with Crippen LogP contribution in [0.3, 0.4) is 0 Å². The van der Waals surface area contributed by atoms with E-state index in [0.717, 1.165) is 54.6 Å². The molecular weight excluding hydrogens is 340 g/mol.